The molecule has 4 heteroatoms. The molecule has 1 heterocycles. The number of benzene rings is 1. The van der Waals surface area contributed by atoms with Crippen LogP contribution in [0, 0.1) is 0 Å². The van der Waals surface area contributed by atoms with Gasteiger partial charge in [0.1, 0.15) is 5.75 Å². The summed E-state index contributed by atoms with van der Waals surface area (Å²) in [7, 11) is 1.68. The standard InChI is InChI=1S/C12H16N2OS/c1-3-4-7-13-12-14-10-6-5-9(15-2)8-11(10)16-12/h5-6,8H,3-4,7H2,1-2H3,(H,13,14). The first-order chi connectivity index (χ1) is 7.83. The molecular weight excluding hydrogens is 220 g/mol. The Kier molecular flexibility index (Phi) is 3.62. The topological polar surface area (TPSA) is 34.2 Å². The number of ether oxygens (including phenoxy) is 1. The molecule has 0 radical (unpaired) electrons. The van der Waals surface area contributed by atoms with Crippen molar-refractivity contribution in [2.75, 3.05) is 19.0 Å². The van der Waals surface area contributed by atoms with Crippen LogP contribution in [0.4, 0.5) is 5.13 Å². The summed E-state index contributed by atoms with van der Waals surface area (Å²) in [6.07, 6.45) is 2.38. The highest BCUT2D eigenvalue weighted by Gasteiger charge is 2.03. The zero-order valence-electron chi connectivity index (χ0n) is 9.62. The molecule has 0 aliphatic carbocycles. The van der Waals surface area contributed by atoms with E-state index in [9.17, 15) is 0 Å². The molecule has 0 bridgehead atoms. The van der Waals surface area contributed by atoms with E-state index in [2.05, 4.69) is 17.2 Å². The molecule has 16 heavy (non-hydrogen) atoms. The van der Waals surface area contributed by atoms with Gasteiger partial charge < -0.3 is 10.1 Å². The van der Waals surface area contributed by atoms with Gasteiger partial charge >= 0.3 is 0 Å². The van der Waals surface area contributed by atoms with Crippen LogP contribution in [0.15, 0.2) is 18.2 Å². The summed E-state index contributed by atoms with van der Waals surface area (Å²) < 4.78 is 6.35. The molecule has 0 fully saturated rings. The maximum atomic E-state index is 5.19. The molecule has 0 aliphatic rings. The first-order valence-electron chi connectivity index (χ1n) is 5.52. The van der Waals surface area contributed by atoms with Gasteiger partial charge in [0.2, 0.25) is 0 Å². The van der Waals surface area contributed by atoms with Gasteiger partial charge in [-0.3, -0.25) is 0 Å². The number of nitrogens with zero attached hydrogens (tertiary/aromatic N) is 1. The third-order valence-corrected chi connectivity index (χ3v) is 3.38. The molecule has 0 aliphatic heterocycles. The monoisotopic (exact) mass is 236 g/mol. The normalized spacial score (nSPS) is 10.6. The van der Waals surface area contributed by atoms with Crippen molar-refractivity contribution in [1.29, 1.82) is 0 Å². The Morgan fingerprint density at radius 1 is 1.44 bits per heavy atom. The van der Waals surface area contributed by atoms with Crippen LogP contribution in [0.2, 0.25) is 0 Å². The number of rotatable bonds is 5. The van der Waals surface area contributed by atoms with Gasteiger partial charge in [0, 0.05) is 6.54 Å². The highest BCUT2D eigenvalue weighted by Crippen LogP contribution is 2.28. The maximum absolute atomic E-state index is 5.19. The fourth-order valence-corrected chi connectivity index (χ4v) is 2.40. The molecular formula is C12H16N2OS. The average Bonchev–Trinajstić information content (AvgIpc) is 2.70. The maximum Gasteiger partial charge on any atom is 0.183 e. The number of hydrogen-bond acceptors (Lipinski definition) is 4. The van der Waals surface area contributed by atoms with E-state index in [0.717, 1.165) is 22.9 Å². The van der Waals surface area contributed by atoms with Crippen LogP contribution in [0.5, 0.6) is 5.75 Å². The minimum atomic E-state index is 0.885. The van der Waals surface area contributed by atoms with E-state index in [1.807, 2.05) is 18.2 Å². The van der Waals surface area contributed by atoms with E-state index >= 15 is 0 Å². The van der Waals surface area contributed by atoms with Gasteiger partial charge in [-0.05, 0) is 24.6 Å². The molecule has 0 unspecified atom stereocenters. The molecule has 0 saturated carbocycles. The predicted molar refractivity (Wildman–Crippen MR) is 69.6 cm³/mol. The van der Waals surface area contributed by atoms with E-state index in [4.69, 9.17) is 4.74 Å². The van der Waals surface area contributed by atoms with E-state index in [1.54, 1.807) is 18.4 Å². The van der Waals surface area contributed by atoms with Crippen LogP contribution in [0.25, 0.3) is 10.2 Å². The van der Waals surface area contributed by atoms with E-state index in [-0.39, 0.29) is 0 Å². The summed E-state index contributed by atoms with van der Waals surface area (Å²) in [6, 6.07) is 5.96. The van der Waals surface area contributed by atoms with Crippen molar-refractivity contribution in [3.63, 3.8) is 0 Å². The molecule has 0 saturated heterocycles. The Labute approximate surface area is 99.5 Å². The minimum absolute atomic E-state index is 0.885. The summed E-state index contributed by atoms with van der Waals surface area (Å²) in [4.78, 5) is 4.51. The Balaban J connectivity index is 2.16. The number of nitrogens with one attached hydrogen (secondary N) is 1. The summed E-state index contributed by atoms with van der Waals surface area (Å²) in [6.45, 7) is 3.18. The lowest BCUT2D eigenvalue weighted by molar-refractivity contribution is 0.415. The van der Waals surface area contributed by atoms with Crippen LogP contribution < -0.4 is 10.1 Å². The predicted octanol–water partition coefficient (Wildman–Crippen LogP) is 3.52. The van der Waals surface area contributed by atoms with Crippen molar-refractivity contribution < 1.29 is 4.74 Å². The molecule has 86 valence electrons. The second-order valence-electron chi connectivity index (χ2n) is 3.63. The molecule has 3 nitrogen and oxygen atoms in total. The third-order valence-electron chi connectivity index (χ3n) is 2.40. The van der Waals surface area contributed by atoms with Gasteiger partial charge in [-0.25, -0.2) is 4.98 Å². The zero-order chi connectivity index (χ0) is 11.4. The summed E-state index contributed by atoms with van der Waals surface area (Å²) in [5.41, 5.74) is 1.03. The van der Waals surface area contributed by atoms with Crippen molar-refractivity contribution in [2.45, 2.75) is 19.8 Å². The number of thiazole rings is 1. The summed E-state index contributed by atoms with van der Waals surface area (Å²) >= 11 is 1.68. The van der Waals surface area contributed by atoms with Gasteiger partial charge in [0.25, 0.3) is 0 Å². The molecule has 0 spiro atoms. The van der Waals surface area contributed by atoms with E-state index in [0.29, 0.717) is 0 Å². The van der Waals surface area contributed by atoms with Gasteiger partial charge in [-0.1, -0.05) is 24.7 Å². The highest BCUT2D eigenvalue weighted by molar-refractivity contribution is 7.22. The molecule has 1 N–H and O–H groups in total. The van der Waals surface area contributed by atoms with Crippen LogP contribution in [-0.4, -0.2) is 18.6 Å². The van der Waals surface area contributed by atoms with E-state index in [1.165, 1.54) is 17.5 Å². The van der Waals surface area contributed by atoms with Crippen LogP contribution in [-0.2, 0) is 0 Å². The first-order valence-corrected chi connectivity index (χ1v) is 6.33. The van der Waals surface area contributed by atoms with Crippen molar-refractivity contribution in [3.05, 3.63) is 18.2 Å². The third kappa shape index (κ3) is 2.44. The average molecular weight is 236 g/mol. The smallest absolute Gasteiger partial charge is 0.183 e. The van der Waals surface area contributed by atoms with Crippen LogP contribution >= 0.6 is 11.3 Å². The molecule has 2 aromatic rings. The van der Waals surface area contributed by atoms with Gasteiger partial charge in [0.05, 0.1) is 17.3 Å². The Hall–Kier alpha value is -1.29. The van der Waals surface area contributed by atoms with E-state index < -0.39 is 0 Å². The zero-order valence-corrected chi connectivity index (χ0v) is 10.4. The molecule has 2 rings (SSSR count). The fraction of sp³-hybridized carbons (Fsp3) is 0.417. The number of unbranched alkanes of at least 4 members (excludes halogenated alkanes) is 1. The lowest BCUT2D eigenvalue weighted by Crippen LogP contribution is -1.99. The number of aromatic nitrogens is 1. The summed E-state index contributed by atoms with van der Waals surface area (Å²) in [5.74, 6) is 0.885. The quantitative estimate of drug-likeness (QED) is 0.807. The first kappa shape index (κ1) is 11.2. The van der Waals surface area contributed by atoms with Crippen LogP contribution in [0.3, 0.4) is 0 Å². The number of fused-ring (bicyclic) bond motifs is 1. The molecule has 0 amide bonds. The highest BCUT2D eigenvalue weighted by atomic mass is 32.1. The number of hydrogen-bond donors (Lipinski definition) is 1. The van der Waals surface area contributed by atoms with Crippen molar-refractivity contribution >= 4 is 26.7 Å². The molecule has 0 atom stereocenters. The second kappa shape index (κ2) is 5.16. The van der Waals surface area contributed by atoms with Crippen molar-refractivity contribution in [1.82, 2.24) is 4.98 Å². The molecule has 1 aromatic carbocycles. The number of anilines is 1. The lowest BCUT2D eigenvalue weighted by atomic mass is 10.3. The van der Waals surface area contributed by atoms with Crippen molar-refractivity contribution in [2.24, 2.45) is 0 Å². The molecule has 1 aromatic heterocycles. The number of methoxy groups -OCH3 is 1. The SMILES string of the molecule is CCCCNc1nc2ccc(OC)cc2s1. The Bertz CT molecular complexity index is 467. The van der Waals surface area contributed by atoms with Crippen molar-refractivity contribution in [3.8, 4) is 5.75 Å². The minimum Gasteiger partial charge on any atom is -0.497 e. The van der Waals surface area contributed by atoms with Gasteiger partial charge in [0.15, 0.2) is 5.13 Å². The van der Waals surface area contributed by atoms with Crippen LogP contribution in [0.1, 0.15) is 19.8 Å². The Morgan fingerprint density at radius 2 is 2.31 bits per heavy atom. The van der Waals surface area contributed by atoms with Gasteiger partial charge in [-0.2, -0.15) is 0 Å². The fourth-order valence-electron chi connectivity index (χ4n) is 1.48. The lowest BCUT2D eigenvalue weighted by Gasteiger charge is -1.98. The Morgan fingerprint density at radius 3 is 3.06 bits per heavy atom. The van der Waals surface area contributed by atoms with Gasteiger partial charge in [-0.15, -0.1) is 0 Å². The second-order valence-corrected chi connectivity index (χ2v) is 4.66. The summed E-state index contributed by atoms with van der Waals surface area (Å²) in [5, 5.41) is 4.34. The largest absolute Gasteiger partial charge is 0.497 e.